The summed E-state index contributed by atoms with van der Waals surface area (Å²) in [7, 11) is 0. The molecule has 0 unspecified atom stereocenters. The standard InChI is InChI=1S/C9H7NO3S/c1-5-7(6-3-2-4-13-6)14-8(10-5)9(11)12/h2-4H,1H3,(H,11,12). The van der Waals surface area contributed by atoms with Crippen molar-refractivity contribution in [2.45, 2.75) is 6.92 Å². The molecule has 0 atom stereocenters. The third-order valence-electron chi connectivity index (χ3n) is 1.72. The first-order valence-corrected chi connectivity index (χ1v) is 4.74. The van der Waals surface area contributed by atoms with Crippen molar-refractivity contribution in [1.82, 2.24) is 4.98 Å². The predicted molar refractivity (Wildman–Crippen MR) is 51.5 cm³/mol. The highest BCUT2D eigenvalue weighted by Crippen LogP contribution is 2.29. The van der Waals surface area contributed by atoms with Crippen molar-refractivity contribution < 1.29 is 14.3 Å². The van der Waals surface area contributed by atoms with Crippen LogP contribution in [0.3, 0.4) is 0 Å². The van der Waals surface area contributed by atoms with E-state index >= 15 is 0 Å². The van der Waals surface area contributed by atoms with Gasteiger partial charge in [-0.15, -0.1) is 11.3 Å². The summed E-state index contributed by atoms with van der Waals surface area (Å²) in [5.74, 6) is -0.344. The molecule has 0 fully saturated rings. The lowest BCUT2D eigenvalue weighted by Gasteiger charge is -1.89. The Morgan fingerprint density at radius 1 is 1.64 bits per heavy atom. The van der Waals surface area contributed by atoms with Gasteiger partial charge in [-0.1, -0.05) is 0 Å². The molecule has 2 heterocycles. The van der Waals surface area contributed by atoms with E-state index in [1.807, 2.05) is 0 Å². The van der Waals surface area contributed by atoms with Crippen molar-refractivity contribution in [3.05, 3.63) is 29.1 Å². The van der Waals surface area contributed by atoms with Gasteiger partial charge in [0.2, 0.25) is 5.01 Å². The second-order valence-electron chi connectivity index (χ2n) is 2.72. The monoisotopic (exact) mass is 209 g/mol. The summed E-state index contributed by atoms with van der Waals surface area (Å²) in [5, 5.41) is 8.83. The number of furan rings is 1. The smallest absolute Gasteiger partial charge is 0.365 e. The van der Waals surface area contributed by atoms with E-state index < -0.39 is 5.97 Å². The van der Waals surface area contributed by atoms with Crippen molar-refractivity contribution in [1.29, 1.82) is 0 Å². The Kier molecular flexibility index (Phi) is 2.09. The predicted octanol–water partition coefficient (Wildman–Crippen LogP) is 2.41. The Labute approximate surface area is 83.8 Å². The maximum atomic E-state index is 10.7. The Balaban J connectivity index is 2.50. The number of carboxylic acids is 1. The van der Waals surface area contributed by atoms with Gasteiger partial charge in [-0.05, 0) is 19.1 Å². The first kappa shape index (κ1) is 8.96. The van der Waals surface area contributed by atoms with Crippen LogP contribution in [0.1, 0.15) is 15.5 Å². The lowest BCUT2D eigenvalue weighted by Crippen LogP contribution is -1.93. The summed E-state index contributed by atoms with van der Waals surface area (Å²) in [5.41, 5.74) is 0.683. The number of aromatic carboxylic acids is 1. The van der Waals surface area contributed by atoms with Crippen molar-refractivity contribution in [3.63, 3.8) is 0 Å². The number of carboxylic acid groups (broad SMARTS) is 1. The molecule has 0 saturated heterocycles. The lowest BCUT2D eigenvalue weighted by molar-refractivity contribution is 0.0696. The van der Waals surface area contributed by atoms with E-state index in [2.05, 4.69) is 4.98 Å². The van der Waals surface area contributed by atoms with Crippen LogP contribution < -0.4 is 0 Å². The molecule has 2 aromatic rings. The Bertz CT molecular complexity index is 458. The lowest BCUT2D eigenvalue weighted by atomic mass is 10.3. The number of aryl methyl sites for hydroxylation is 1. The third kappa shape index (κ3) is 1.42. The van der Waals surface area contributed by atoms with Crippen LogP contribution in [0.4, 0.5) is 0 Å². The van der Waals surface area contributed by atoms with Crippen LogP contribution in [0, 0.1) is 6.92 Å². The van der Waals surface area contributed by atoms with Crippen LogP contribution in [-0.4, -0.2) is 16.1 Å². The van der Waals surface area contributed by atoms with E-state index in [-0.39, 0.29) is 5.01 Å². The van der Waals surface area contributed by atoms with E-state index in [4.69, 9.17) is 9.52 Å². The topological polar surface area (TPSA) is 63.3 Å². The van der Waals surface area contributed by atoms with Gasteiger partial charge in [0, 0.05) is 0 Å². The molecule has 4 nitrogen and oxygen atoms in total. The van der Waals surface area contributed by atoms with Gasteiger partial charge in [-0.3, -0.25) is 0 Å². The van der Waals surface area contributed by atoms with Crippen molar-refractivity contribution in [2.24, 2.45) is 0 Å². The highest BCUT2D eigenvalue weighted by molar-refractivity contribution is 7.17. The van der Waals surface area contributed by atoms with Gasteiger partial charge in [0.05, 0.1) is 16.8 Å². The van der Waals surface area contributed by atoms with Gasteiger partial charge >= 0.3 is 5.97 Å². The van der Waals surface area contributed by atoms with Crippen LogP contribution in [0.25, 0.3) is 10.6 Å². The van der Waals surface area contributed by atoms with E-state index in [1.165, 1.54) is 0 Å². The van der Waals surface area contributed by atoms with Crippen molar-refractivity contribution in [3.8, 4) is 10.6 Å². The minimum atomic E-state index is -1.00. The molecule has 72 valence electrons. The van der Waals surface area contributed by atoms with Crippen molar-refractivity contribution in [2.75, 3.05) is 0 Å². The molecule has 0 aliphatic carbocycles. The number of hydrogen-bond acceptors (Lipinski definition) is 4. The molecular formula is C9H7NO3S. The van der Waals surface area contributed by atoms with Gasteiger partial charge in [-0.25, -0.2) is 9.78 Å². The summed E-state index contributed by atoms with van der Waals surface area (Å²) in [6.07, 6.45) is 1.55. The van der Waals surface area contributed by atoms with E-state index in [0.717, 1.165) is 16.2 Å². The molecular weight excluding hydrogens is 202 g/mol. The molecule has 0 bridgehead atoms. The number of nitrogens with zero attached hydrogens (tertiary/aromatic N) is 1. The first-order chi connectivity index (χ1) is 6.68. The fourth-order valence-corrected chi connectivity index (χ4v) is 2.00. The van der Waals surface area contributed by atoms with Crippen LogP contribution >= 0.6 is 11.3 Å². The SMILES string of the molecule is Cc1nc(C(=O)O)sc1-c1ccco1. The van der Waals surface area contributed by atoms with E-state index in [0.29, 0.717) is 11.5 Å². The molecule has 1 N–H and O–H groups in total. The minimum absolute atomic E-state index is 0.0916. The molecule has 0 saturated carbocycles. The summed E-state index contributed by atoms with van der Waals surface area (Å²) in [6.45, 7) is 1.76. The largest absolute Gasteiger partial charge is 0.476 e. The van der Waals surface area contributed by atoms with Gasteiger partial charge in [-0.2, -0.15) is 0 Å². The zero-order valence-corrected chi connectivity index (χ0v) is 8.17. The molecule has 0 spiro atoms. The molecule has 0 aliphatic rings. The number of rotatable bonds is 2. The molecule has 0 radical (unpaired) electrons. The Morgan fingerprint density at radius 2 is 2.43 bits per heavy atom. The third-order valence-corrected chi connectivity index (χ3v) is 2.88. The van der Waals surface area contributed by atoms with Crippen LogP contribution in [0.2, 0.25) is 0 Å². The van der Waals surface area contributed by atoms with Gasteiger partial charge in [0.1, 0.15) is 5.76 Å². The van der Waals surface area contributed by atoms with Crippen LogP contribution in [0.15, 0.2) is 22.8 Å². The number of thiazole rings is 1. The maximum Gasteiger partial charge on any atom is 0.365 e. The number of hydrogen-bond donors (Lipinski definition) is 1. The fourth-order valence-electron chi connectivity index (χ4n) is 1.12. The fraction of sp³-hybridized carbons (Fsp3) is 0.111. The molecule has 14 heavy (non-hydrogen) atoms. The summed E-state index contributed by atoms with van der Waals surface area (Å²) in [4.78, 5) is 15.3. The molecule has 2 rings (SSSR count). The summed E-state index contributed by atoms with van der Waals surface area (Å²) < 4.78 is 5.17. The van der Waals surface area contributed by atoms with E-state index in [9.17, 15) is 4.79 Å². The molecule has 0 aromatic carbocycles. The van der Waals surface area contributed by atoms with Crippen LogP contribution in [0.5, 0.6) is 0 Å². The highest BCUT2D eigenvalue weighted by atomic mass is 32.1. The Morgan fingerprint density at radius 3 is 2.93 bits per heavy atom. The summed E-state index contributed by atoms with van der Waals surface area (Å²) >= 11 is 1.12. The first-order valence-electron chi connectivity index (χ1n) is 3.93. The average molecular weight is 209 g/mol. The van der Waals surface area contributed by atoms with Gasteiger partial charge < -0.3 is 9.52 Å². The minimum Gasteiger partial charge on any atom is -0.476 e. The molecule has 2 aromatic heterocycles. The van der Waals surface area contributed by atoms with Gasteiger partial charge in [0.25, 0.3) is 0 Å². The highest BCUT2D eigenvalue weighted by Gasteiger charge is 2.15. The van der Waals surface area contributed by atoms with Crippen LogP contribution in [-0.2, 0) is 0 Å². The number of aromatic nitrogens is 1. The molecule has 0 amide bonds. The van der Waals surface area contributed by atoms with Crippen molar-refractivity contribution >= 4 is 17.3 Å². The average Bonchev–Trinajstić information content (AvgIpc) is 2.71. The zero-order valence-electron chi connectivity index (χ0n) is 7.35. The quantitative estimate of drug-likeness (QED) is 0.824. The van der Waals surface area contributed by atoms with E-state index in [1.54, 1.807) is 25.3 Å². The Hall–Kier alpha value is -1.62. The zero-order chi connectivity index (χ0) is 10.1. The number of carbonyl (C=O) groups is 1. The normalized spacial score (nSPS) is 10.4. The second kappa shape index (κ2) is 3.26. The summed E-state index contributed by atoms with van der Waals surface area (Å²) in [6, 6.07) is 3.54. The molecule has 5 heteroatoms. The molecule has 0 aliphatic heterocycles. The second-order valence-corrected chi connectivity index (χ2v) is 3.72. The van der Waals surface area contributed by atoms with Gasteiger partial charge in [0.15, 0.2) is 0 Å². The maximum absolute atomic E-state index is 10.7.